The van der Waals surface area contributed by atoms with Crippen LogP contribution in [0.15, 0.2) is 24.3 Å². The van der Waals surface area contributed by atoms with Gasteiger partial charge in [-0.15, -0.1) is 0 Å². The first-order valence-corrected chi connectivity index (χ1v) is 11.5. The summed E-state index contributed by atoms with van der Waals surface area (Å²) in [5.41, 5.74) is -2.74. The molecular formula is C24H35N3O5. The number of aliphatic hydroxyl groups is 1. The Labute approximate surface area is 189 Å². The minimum Gasteiger partial charge on any atom is -0.394 e. The van der Waals surface area contributed by atoms with Gasteiger partial charge in [-0.2, -0.15) is 0 Å². The molecular weight excluding hydrogens is 410 g/mol. The Morgan fingerprint density at radius 1 is 1.09 bits per heavy atom. The van der Waals surface area contributed by atoms with Crippen molar-refractivity contribution in [3.05, 3.63) is 24.3 Å². The average Bonchev–Trinajstić information content (AvgIpc) is 2.98. The van der Waals surface area contributed by atoms with Crippen LogP contribution >= 0.6 is 0 Å². The Bertz CT molecular complexity index is 889. The molecule has 0 bridgehead atoms. The van der Waals surface area contributed by atoms with E-state index >= 15 is 0 Å². The lowest BCUT2D eigenvalue weighted by Crippen LogP contribution is -2.61. The standard InChI is InChI=1S/C24H35N3O5/c1-7-15(14-28)27-18-21(31)26(22(2,3)4)13-9-11-24(18)17(20(27)30)16-19(29)25(6)12-8-10-23(16,5)32-24/h8-11,15-18,28H,7,12-14H2,1-6H3/t15-,16+,17-,18?,23-,24-/m0/s1. The normalized spacial score (nSPS) is 37.9. The number of ether oxygens (including phenoxy) is 1. The maximum atomic E-state index is 14.0. The molecule has 4 rings (SSSR count). The highest BCUT2D eigenvalue weighted by molar-refractivity contribution is 6.00. The predicted molar refractivity (Wildman–Crippen MR) is 118 cm³/mol. The molecule has 0 aromatic carbocycles. The van der Waals surface area contributed by atoms with Crippen molar-refractivity contribution in [2.75, 3.05) is 26.7 Å². The maximum absolute atomic E-state index is 14.0. The molecule has 32 heavy (non-hydrogen) atoms. The van der Waals surface area contributed by atoms with Crippen molar-refractivity contribution in [1.82, 2.24) is 14.7 Å². The van der Waals surface area contributed by atoms with Crippen LogP contribution < -0.4 is 0 Å². The number of fused-ring (bicyclic) bond motifs is 2. The van der Waals surface area contributed by atoms with Gasteiger partial charge in [-0.05, 0) is 34.1 Å². The van der Waals surface area contributed by atoms with Crippen LogP contribution in [0.5, 0.6) is 0 Å². The number of amides is 3. The van der Waals surface area contributed by atoms with Crippen molar-refractivity contribution in [2.24, 2.45) is 11.8 Å². The number of likely N-dealkylation sites (N-methyl/N-ethyl adjacent to an activating group) is 1. The van der Waals surface area contributed by atoms with Gasteiger partial charge in [0.2, 0.25) is 17.7 Å². The summed E-state index contributed by atoms with van der Waals surface area (Å²) in [5, 5.41) is 10.1. The van der Waals surface area contributed by atoms with E-state index in [1.165, 1.54) is 4.90 Å². The molecule has 0 aromatic heterocycles. The Morgan fingerprint density at radius 2 is 1.75 bits per heavy atom. The third-order valence-electron chi connectivity index (χ3n) is 7.58. The summed E-state index contributed by atoms with van der Waals surface area (Å²) in [6.45, 7) is 10.2. The number of hydrogen-bond donors (Lipinski definition) is 1. The summed E-state index contributed by atoms with van der Waals surface area (Å²) in [7, 11) is 1.72. The third-order valence-corrected chi connectivity index (χ3v) is 7.58. The summed E-state index contributed by atoms with van der Waals surface area (Å²) in [6.07, 6.45) is 7.98. The zero-order valence-corrected chi connectivity index (χ0v) is 19.9. The van der Waals surface area contributed by atoms with Gasteiger partial charge in [0.25, 0.3) is 0 Å². The first kappa shape index (κ1) is 23.0. The van der Waals surface area contributed by atoms with Gasteiger partial charge in [-0.25, -0.2) is 0 Å². The van der Waals surface area contributed by atoms with Gasteiger partial charge < -0.3 is 24.5 Å². The van der Waals surface area contributed by atoms with E-state index in [4.69, 9.17) is 4.74 Å². The SMILES string of the molecule is CC[C@@H](CO)N1C(=O)[C@@H]2[C@@H]3C(=O)N(C)CC=C[C@]3(C)O[C@@]23C=CCN(C(C)(C)C)C(=O)C13. The third kappa shape index (κ3) is 2.99. The van der Waals surface area contributed by atoms with Gasteiger partial charge in [-0.1, -0.05) is 31.2 Å². The highest BCUT2D eigenvalue weighted by Crippen LogP contribution is 2.58. The molecule has 1 spiro atoms. The molecule has 0 aliphatic carbocycles. The van der Waals surface area contributed by atoms with Gasteiger partial charge in [-0.3, -0.25) is 14.4 Å². The molecule has 4 heterocycles. The van der Waals surface area contributed by atoms with Crippen LogP contribution in [0.3, 0.4) is 0 Å². The zero-order chi connectivity index (χ0) is 23.6. The number of hydrogen-bond acceptors (Lipinski definition) is 5. The molecule has 0 radical (unpaired) electrons. The van der Waals surface area contributed by atoms with Crippen molar-refractivity contribution >= 4 is 17.7 Å². The van der Waals surface area contributed by atoms with Crippen molar-refractivity contribution in [1.29, 1.82) is 0 Å². The van der Waals surface area contributed by atoms with E-state index in [-0.39, 0.29) is 24.3 Å². The molecule has 176 valence electrons. The second kappa shape index (κ2) is 7.42. The molecule has 2 fully saturated rings. The van der Waals surface area contributed by atoms with Gasteiger partial charge in [0, 0.05) is 25.7 Å². The number of rotatable bonds is 3. The molecule has 4 aliphatic rings. The number of nitrogens with zero attached hydrogens (tertiary/aromatic N) is 3. The molecule has 3 amide bonds. The second-order valence-corrected chi connectivity index (χ2v) is 10.6. The highest BCUT2D eigenvalue weighted by Gasteiger charge is 2.75. The number of carbonyl (C=O) groups excluding carboxylic acids is 3. The monoisotopic (exact) mass is 445 g/mol. The van der Waals surface area contributed by atoms with Gasteiger partial charge in [0.05, 0.1) is 30.1 Å². The van der Waals surface area contributed by atoms with E-state index in [0.29, 0.717) is 19.5 Å². The Balaban J connectivity index is 1.93. The summed E-state index contributed by atoms with van der Waals surface area (Å²) in [4.78, 5) is 46.4. The Kier molecular flexibility index (Phi) is 5.33. The fraction of sp³-hybridized carbons (Fsp3) is 0.708. The summed E-state index contributed by atoms with van der Waals surface area (Å²) >= 11 is 0. The first-order valence-electron chi connectivity index (χ1n) is 11.5. The number of aliphatic hydroxyl groups excluding tert-OH is 1. The smallest absolute Gasteiger partial charge is 0.249 e. The van der Waals surface area contributed by atoms with E-state index < -0.39 is 40.7 Å². The molecule has 6 atom stereocenters. The van der Waals surface area contributed by atoms with Crippen molar-refractivity contribution in [2.45, 2.75) is 69.9 Å². The molecule has 0 aromatic rings. The van der Waals surface area contributed by atoms with Gasteiger partial charge in [0.1, 0.15) is 11.6 Å². The van der Waals surface area contributed by atoms with Crippen LogP contribution in [0.2, 0.25) is 0 Å². The first-order chi connectivity index (χ1) is 14.9. The van der Waals surface area contributed by atoms with E-state index in [1.807, 2.05) is 58.9 Å². The van der Waals surface area contributed by atoms with Gasteiger partial charge >= 0.3 is 0 Å². The minimum atomic E-state index is -1.27. The topological polar surface area (TPSA) is 90.4 Å². The number of likely N-dealkylation sites (tertiary alicyclic amines) is 1. The van der Waals surface area contributed by atoms with Crippen LogP contribution in [-0.2, 0) is 19.1 Å². The van der Waals surface area contributed by atoms with Crippen LogP contribution in [0, 0.1) is 11.8 Å². The van der Waals surface area contributed by atoms with Crippen LogP contribution in [-0.4, -0.2) is 93.1 Å². The molecule has 8 nitrogen and oxygen atoms in total. The fourth-order valence-corrected chi connectivity index (χ4v) is 5.99. The van der Waals surface area contributed by atoms with Crippen molar-refractivity contribution < 1.29 is 24.2 Å². The quantitative estimate of drug-likeness (QED) is 0.654. The van der Waals surface area contributed by atoms with Crippen LogP contribution in [0.25, 0.3) is 0 Å². The zero-order valence-electron chi connectivity index (χ0n) is 19.9. The van der Waals surface area contributed by atoms with Crippen molar-refractivity contribution in [3.63, 3.8) is 0 Å². The van der Waals surface area contributed by atoms with E-state index in [9.17, 15) is 19.5 Å². The number of carbonyl (C=O) groups is 3. The molecule has 8 heteroatoms. The second-order valence-electron chi connectivity index (χ2n) is 10.6. The summed E-state index contributed by atoms with van der Waals surface area (Å²) < 4.78 is 6.71. The average molecular weight is 446 g/mol. The van der Waals surface area contributed by atoms with Crippen LogP contribution in [0.4, 0.5) is 0 Å². The molecule has 1 unspecified atom stereocenters. The summed E-state index contributed by atoms with van der Waals surface area (Å²) in [6, 6.07) is -1.47. The van der Waals surface area contributed by atoms with E-state index in [2.05, 4.69) is 0 Å². The Hall–Kier alpha value is -2.19. The molecule has 0 saturated carbocycles. The molecule has 2 saturated heterocycles. The van der Waals surface area contributed by atoms with Crippen LogP contribution in [0.1, 0.15) is 41.0 Å². The Morgan fingerprint density at radius 3 is 2.34 bits per heavy atom. The molecule has 4 aliphatic heterocycles. The lowest BCUT2D eigenvalue weighted by molar-refractivity contribution is -0.158. The molecule has 1 N–H and O–H groups in total. The maximum Gasteiger partial charge on any atom is 0.249 e. The van der Waals surface area contributed by atoms with E-state index in [1.54, 1.807) is 16.8 Å². The predicted octanol–water partition coefficient (Wildman–Crippen LogP) is 0.953. The highest BCUT2D eigenvalue weighted by atomic mass is 16.5. The van der Waals surface area contributed by atoms with Gasteiger partial charge in [0.15, 0.2) is 0 Å². The largest absolute Gasteiger partial charge is 0.394 e. The fourth-order valence-electron chi connectivity index (χ4n) is 5.99. The lowest BCUT2D eigenvalue weighted by Gasteiger charge is -2.42. The van der Waals surface area contributed by atoms with E-state index in [0.717, 1.165) is 0 Å². The van der Waals surface area contributed by atoms with Crippen molar-refractivity contribution in [3.8, 4) is 0 Å². The lowest BCUT2D eigenvalue weighted by atomic mass is 9.74. The minimum absolute atomic E-state index is 0.164. The summed E-state index contributed by atoms with van der Waals surface area (Å²) in [5.74, 6) is -2.26.